The fraction of sp³-hybridized carbons (Fsp3) is 0.200. The number of nitrogens with zero attached hydrogens (tertiary/aromatic N) is 1. The SMILES string of the molecule is CN(Cc1ccccc1F)S(=O)(=O)c1ccccc1CO. The first-order chi connectivity index (χ1) is 9.96. The first-order valence-corrected chi connectivity index (χ1v) is 7.79. The molecular formula is C15H16FNO3S. The van der Waals surface area contributed by atoms with Crippen LogP contribution >= 0.6 is 0 Å². The second kappa shape index (κ2) is 6.34. The number of hydrogen-bond donors (Lipinski definition) is 1. The largest absolute Gasteiger partial charge is 0.392 e. The molecule has 0 radical (unpaired) electrons. The molecule has 0 fully saturated rings. The average molecular weight is 309 g/mol. The molecule has 0 aromatic heterocycles. The highest BCUT2D eigenvalue weighted by atomic mass is 32.2. The van der Waals surface area contributed by atoms with E-state index in [1.807, 2.05) is 0 Å². The van der Waals surface area contributed by atoms with Gasteiger partial charge in [0.1, 0.15) is 5.82 Å². The molecule has 0 saturated carbocycles. The summed E-state index contributed by atoms with van der Waals surface area (Å²) in [5.41, 5.74) is 0.614. The minimum Gasteiger partial charge on any atom is -0.392 e. The first-order valence-electron chi connectivity index (χ1n) is 6.35. The molecule has 0 aliphatic rings. The van der Waals surface area contributed by atoms with Gasteiger partial charge in [0.05, 0.1) is 11.5 Å². The van der Waals surface area contributed by atoms with Gasteiger partial charge in [0, 0.05) is 19.2 Å². The van der Waals surface area contributed by atoms with Crippen LogP contribution in [0.2, 0.25) is 0 Å². The van der Waals surface area contributed by atoms with E-state index >= 15 is 0 Å². The molecule has 4 nitrogen and oxygen atoms in total. The molecule has 6 heteroatoms. The molecule has 1 N–H and O–H groups in total. The third-order valence-electron chi connectivity index (χ3n) is 3.18. The van der Waals surface area contributed by atoms with Crippen LogP contribution in [0.15, 0.2) is 53.4 Å². The lowest BCUT2D eigenvalue weighted by Crippen LogP contribution is -2.27. The normalized spacial score (nSPS) is 11.8. The van der Waals surface area contributed by atoms with Crippen molar-refractivity contribution in [3.63, 3.8) is 0 Å². The third-order valence-corrected chi connectivity index (χ3v) is 5.09. The molecule has 0 atom stereocenters. The quantitative estimate of drug-likeness (QED) is 0.920. The van der Waals surface area contributed by atoms with Gasteiger partial charge in [-0.05, 0) is 17.7 Å². The number of halogens is 1. The van der Waals surface area contributed by atoms with Gasteiger partial charge in [0.25, 0.3) is 0 Å². The smallest absolute Gasteiger partial charge is 0.243 e. The van der Waals surface area contributed by atoms with E-state index < -0.39 is 15.8 Å². The highest BCUT2D eigenvalue weighted by molar-refractivity contribution is 7.89. The number of aliphatic hydroxyl groups is 1. The number of rotatable bonds is 5. The van der Waals surface area contributed by atoms with Crippen molar-refractivity contribution in [1.29, 1.82) is 0 Å². The summed E-state index contributed by atoms with van der Waals surface area (Å²) in [5.74, 6) is -0.449. The Morgan fingerprint density at radius 1 is 1.05 bits per heavy atom. The highest BCUT2D eigenvalue weighted by Crippen LogP contribution is 2.21. The number of aliphatic hydroxyl groups excluding tert-OH is 1. The molecule has 0 unspecified atom stereocenters. The van der Waals surface area contributed by atoms with Crippen LogP contribution in [0.1, 0.15) is 11.1 Å². The summed E-state index contributed by atoms with van der Waals surface area (Å²) in [6.07, 6.45) is 0. The topological polar surface area (TPSA) is 57.6 Å². The zero-order valence-corrected chi connectivity index (χ0v) is 12.3. The Morgan fingerprint density at radius 2 is 1.62 bits per heavy atom. The minimum absolute atomic E-state index is 0.0336. The number of benzene rings is 2. The monoisotopic (exact) mass is 309 g/mol. The average Bonchev–Trinajstić information content (AvgIpc) is 2.49. The van der Waals surface area contributed by atoms with Crippen LogP contribution in [-0.4, -0.2) is 24.9 Å². The lowest BCUT2D eigenvalue weighted by Gasteiger charge is -2.19. The predicted molar refractivity (Wildman–Crippen MR) is 77.4 cm³/mol. The second-order valence-corrected chi connectivity index (χ2v) is 6.63. The van der Waals surface area contributed by atoms with Crippen molar-refractivity contribution < 1.29 is 17.9 Å². The fourth-order valence-corrected chi connectivity index (χ4v) is 3.36. The summed E-state index contributed by atoms with van der Waals surface area (Å²) in [6.45, 7) is -0.447. The molecule has 0 heterocycles. The summed E-state index contributed by atoms with van der Waals surface area (Å²) in [5, 5.41) is 9.25. The molecule has 0 aliphatic carbocycles. The Kier molecular flexibility index (Phi) is 4.72. The molecule has 0 aliphatic heterocycles. The van der Waals surface area contributed by atoms with Crippen molar-refractivity contribution in [3.8, 4) is 0 Å². The molecule has 0 saturated heterocycles. The molecule has 0 spiro atoms. The van der Waals surface area contributed by atoms with E-state index in [0.29, 0.717) is 11.1 Å². The second-order valence-electron chi connectivity index (χ2n) is 4.62. The van der Waals surface area contributed by atoms with E-state index in [0.717, 1.165) is 4.31 Å². The summed E-state index contributed by atoms with van der Waals surface area (Å²) in [6, 6.07) is 12.2. The Hall–Kier alpha value is -1.76. The van der Waals surface area contributed by atoms with Crippen LogP contribution in [0.3, 0.4) is 0 Å². The molecule has 112 valence electrons. The maximum atomic E-state index is 13.6. The van der Waals surface area contributed by atoms with Crippen molar-refractivity contribution in [2.45, 2.75) is 18.0 Å². The van der Waals surface area contributed by atoms with Gasteiger partial charge < -0.3 is 5.11 Å². The summed E-state index contributed by atoms with van der Waals surface area (Å²) in [7, 11) is -2.41. The van der Waals surface area contributed by atoms with E-state index in [1.54, 1.807) is 36.4 Å². The lowest BCUT2D eigenvalue weighted by atomic mass is 10.2. The van der Waals surface area contributed by atoms with Gasteiger partial charge in [-0.1, -0.05) is 36.4 Å². The predicted octanol–water partition coefficient (Wildman–Crippen LogP) is 2.14. The maximum Gasteiger partial charge on any atom is 0.243 e. The summed E-state index contributed by atoms with van der Waals surface area (Å²) < 4.78 is 39.7. The Labute approximate surface area is 123 Å². The summed E-state index contributed by atoms with van der Waals surface area (Å²) >= 11 is 0. The zero-order valence-electron chi connectivity index (χ0n) is 11.5. The highest BCUT2D eigenvalue weighted by Gasteiger charge is 2.24. The van der Waals surface area contributed by atoms with Crippen LogP contribution in [0.5, 0.6) is 0 Å². The van der Waals surface area contributed by atoms with E-state index in [2.05, 4.69) is 0 Å². The van der Waals surface area contributed by atoms with Crippen LogP contribution in [0.4, 0.5) is 4.39 Å². The summed E-state index contributed by atoms with van der Waals surface area (Å²) in [4.78, 5) is 0.0336. The molecule has 2 aromatic rings. The fourth-order valence-electron chi connectivity index (χ4n) is 2.01. The van der Waals surface area contributed by atoms with E-state index in [-0.39, 0.29) is 18.0 Å². The molecule has 0 bridgehead atoms. The minimum atomic E-state index is -3.79. The lowest BCUT2D eigenvalue weighted by molar-refractivity contribution is 0.278. The standard InChI is InChI=1S/C15H16FNO3S/c1-17(10-12-6-2-4-8-14(12)16)21(19,20)15-9-5-3-7-13(15)11-18/h2-9,18H,10-11H2,1H3. The van der Waals surface area contributed by atoms with Gasteiger partial charge in [-0.15, -0.1) is 0 Å². The van der Waals surface area contributed by atoms with Crippen molar-refractivity contribution in [1.82, 2.24) is 4.31 Å². The first kappa shape index (κ1) is 15.6. The van der Waals surface area contributed by atoms with Gasteiger partial charge >= 0.3 is 0 Å². The zero-order chi connectivity index (χ0) is 15.5. The van der Waals surface area contributed by atoms with Crippen LogP contribution in [0.25, 0.3) is 0 Å². The molecule has 2 rings (SSSR count). The number of sulfonamides is 1. The maximum absolute atomic E-state index is 13.6. The van der Waals surface area contributed by atoms with Crippen LogP contribution in [-0.2, 0) is 23.2 Å². The Balaban J connectivity index is 2.33. The van der Waals surface area contributed by atoms with Gasteiger partial charge in [-0.3, -0.25) is 0 Å². The van der Waals surface area contributed by atoms with Gasteiger partial charge in [0.15, 0.2) is 0 Å². The Morgan fingerprint density at radius 3 is 2.24 bits per heavy atom. The molecule has 21 heavy (non-hydrogen) atoms. The molecule has 0 amide bonds. The van der Waals surface area contributed by atoms with E-state index in [9.17, 15) is 17.9 Å². The van der Waals surface area contributed by atoms with Gasteiger partial charge in [-0.25, -0.2) is 12.8 Å². The van der Waals surface area contributed by atoms with Gasteiger partial charge in [0.2, 0.25) is 10.0 Å². The Bertz CT molecular complexity index is 731. The van der Waals surface area contributed by atoms with Crippen molar-refractivity contribution >= 4 is 10.0 Å². The van der Waals surface area contributed by atoms with Gasteiger partial charge in [-0.2, -0.15) is 4.31 Å². The van der Waals surface area contributed by atoms with Crippen LogP contribution < -0.4 is 0 Å². The number of hydrogen-bond acceptors (Lipinski definition) is 3. The van der Waals surface area contributed by atoms with Crippen LogP contribution in [0, 0.1) is 5.82 Å². The molecule has 2 aromatic carbocycles. The van der Waals surface area contributed by atoms with Crippen molar-refractivity contribution in [2.24, 2.45) is 0 Å². The molecular weight excluding hydrogens is 293 g/mol. The van der Waals surface area contributed by atoms with E-state index in [4.69, 9.17) is 0 Å². The van der Waals surface area contributed by atoms with E-state index in [1.165, 1.54) is 19.2 Å². The van der Waals surface area contributed by atoms with Crippen molar-refractivity contribution in [2.75, 3.05) is 7.05 Å². The third kappa shape index (κ3) is 3.29. The van der Waals surface area contributed by atoms with Crippen molar-refractivity contribution in [3.05, 3.63) is 65.5 Å².